The number of rotatable bonds is 1. The molecule has 1 aromatic carbocycles. The Morgan fingerprint density at radius 3 is 2.69 bits per heavy atom. The van der Waals surface area contributed by atoms with Crippen LogP contribution < -0.4 is 0 Å². The van der Waals surface area contributed by atoms with Crippen LogP contribution in [0.3, 0.4) is 0 Å². The number of hydrogen-bond acceptors (Lipinski definition) is 3. The summed E-state index contributed by atoms with van der Waals surface area (Å²) in [6.45, 7) is 0. The summed E-state index contributed by atoms with van der Waals surface area (Å²) in [5.41, 5.74) is 2.80. The van der Waals surface area contributed by atoms with Crippen LogP contribution in [0, 0.1) is 0 Å². The van der Waals surface area contributed by atoms with Gasteiger partial charge < -0.3 is 9.84 Å². The molecule has 0 spiro atoms. The fourth-order valence-electron chi connectivity index (χ4n) is 2.02. The van der Waals surface area contributed by atoms with Crippen LogP contribution in [-0.4, -0.2) is 10.1 Å². The Hall–Kier alpha value is -1.71. The van der Waals surface area contributed by atoms with Crippen molar-refractivity contribution >= 4 is 0 Å². The minimum atomic E-state index is -0.867. The van der Waals surface area contributed by atoms with E-state index in [1.165, 1.54) is 0 Å². The van der Waals surface area contributed by atoms with Crippen LogP contribution in [-0.2, 0) is 4.74 Å². The van der Waals surface area contributed by atoms with Gasteiger partial charge in [-0.05, 0) is 17.2 Å². The van der Waals surface area contributed by atoms with E-state index in [2.05, 4.69) is 4.98 Å². The highest BCUT2D eigenvalue weighted by molar-refractivity contribution is 5.37. The fraction of sp³-hybridized carbons (Fsp3) is 0.154. The lowest BCUT2D eigenvalue weighted by atomic mass is 10.0. The Bertz CT molecular complexity index is 498. The van der Waals surface area contributed by atoms with Crippen molar-refractivity contribution in [3.63, 3.8) is 0 Å². The van der Waals surface area contributed by atoms with Gasteiger partial charge in [-0.2, -0.15) is 0 Å². The minimum Gasteiger partial charge on any atom is -0.364 e. The van der Waals surface area contributed by atoms with Crippen molar-refractivity contribution in [2.75, 3.05) is 0 Å². The molecule has 0 amide bonds. The number of nitrogens with zero attached hydrogens (tertiary/aromatic N) is 1. The molecule has 0 radical (unpaired) electrons. The van der Waals surface area contributed by atoms with Gasteiger partial charge in [0.05, 0.1) is 0 Å². The second kappa shape index (κ2) is 3.70. The number of benzene rings is 1. The van der Waals surface area contributed by atoms with Crippen LogP contribution in [0.2, 0.25) is 0 Å². The normalized spacial score (nSPS) is 23.1. The average molecular weight is 213 g/mol. The standard InChI is InChI=1S/C13H11NO2/c15-13-11-8-14-7-6-10(11)12(16-13)9-4-2-1-3-5-9/h1-8,12-13,15H. The van der Waals surface area contributed by atoms with Gasteiger partial charge in [-0.3, -0.25) is 4.98 Å². The van der Waals surface area contributed by atoms with Gasteiger partial charge in [-0.15, -0.1) is 0 Å². The van der Waals surface area contributed by atoms with Gasteiger partial charge in [0.25, 0.3) is 0 Å². The van der Waals surface area contributed by atoms with Gasteiger partial charge in [-0.1, -0.05) is 30.3 Å². The zero-order chi connectivity index (χ0) is 11.0. The van der Waals surface area contributed by atoms with E-state index in [1.54, 1.807) is 12.4 Å². The lowest BCUT2D eigenvalue weighted by Crippen LogP contribution is -1.99. The lowest BCUT2D eigenvalue weighted by Gasteiger charge is -2.11. The number of aliphatic hydroxyl groups is 1. The number of pyridine rings is 1. The van der Waals surface area contributed by atoms with Crippen molar-refractivity contribution in [3.05, 3.63) is 65.5 Å². The maximum atomic E-state index is 9.75. The van der Waals surface area contributed by atoms with Crippen LogP contribution in [0.25, 0.3) is 0 Å². The molecule has 2 heterocycles. The van der Waals surface area contributed by atoms with E-state index < -0.39 is 6.29 Å². The molecule has 2 unspecified atom stereocenters. The summed E-state index contributed by atoms with van der Waals surface area (Å²) >= 11 is 0. The van der Waals surface area contributed by atoms with Crippen LogP contribution in [0.15, 0.2) is 48.8 Å². The van der Waals surface area contributed by atoms with Crippen molar-refractivity contribution in [2.45, 2.75) is 12.4 Å². The number of ether oxygens (including phenoxy) is 1. The molecule has 3 rings (SSSR count). The molecule has 0 saturated heterocycles. The van der Waals surface area contributed by atoms with Gasteiger partial charge >= 0.3 is 0 Å². The monoisotopic (exact) mass is 213 g/mol. The first-order chi connectivity index (χ1) is 7.86. The molecule has 0 fully saturated rings. The molecular formula is C13H11NO2. The summed E-state index contributed by atoms with van der Waals surface area (Å²) in [6, 6.07) is 11.8. The van der Waals surface area contributed by atoms with E-state index in [9.17, 15) is 5.11 Å². The molecule has 0 bridgehead atoms. The predicted molar refractivity (Wildman–Crippen MR) is 58.6 cm³/mol. The number of hydrogen-bond donors (Lipinski definition) is 1. The highest BCUT2D eigenvalue weighted by Gasteiger charge is 2.31. The molecule has 2 atom stereocenters. The third kappa shape index (κ3) is 1.41. The van der Waals surface area contributed by atoms with Crippen LogP contribution in [0.5, 0.6) is 0 Å². The first-order valence-electron chi connectivity index (χ1n) is 5.18. The summed E-state index contributed by atoms with van der Waals surface area (Å²) in [7, 11) is 0. The summed E-state index contributed by atoms with van der Waals surface area (Å²) in [5, 5.41) is 9.75. The van der Waals surface area contributed by atoms with E-state index >= 15 is 0 Å². The molecular weight excluding hydrogens is 202 g/mol. The zero-order valence-corrected chi connectivity index (χ0v) is 8.58. The number of fused-ring (bicyclic) bond motifs is 1. The van der Waals surface area contributed by atoms with Crippen molar-refractivity contribution < 1.29 is 9.84 Å². The predicted octanol–water partition coefficient (Wildman–Crippen LogP) is 2.19. The van der Waals surface area contributed by atoms with Crippen LogP contribution in [0.1, 0.15) is 29.1 Å². The fourth-order valence-corrected chi connectivity index (χ4v) is 2.02. The van der Waals surface area contributed by atoms with E-state index in [1.807, 2.05) is 36.4 Å². The quantitative estimate of drug-likeness (QED) is 0.789. The van der Waals surface area contributed by atoms with E-state index in [4.69, 9.17) is 4.74 Å². The topological polar surface area (TPSA) is 42.4 Å². The molecule has 2 aromatic rings. The van der Waals surface area contributed by atoms with Crippen LogP contribution >= 0.6 is 0 Å². The molecule has 1 aromatic heterocycles. The highest BCUT2D eigenvalue weighted by atomic mass is 16.6. The van der Waals surface area contributed by atoms with Gasteiger partial charge in [0.2, 0.25) is 0 Å². The van der Waals surface area contributed by atoms with E-state index in [-0.39, 0.29) is 6.10 Å². The molecule has 80 valence electrons. The summed E-state index contributed by atoms with van der Waals surface area (Å²) < 4.78 is 5.53. The molecule has 16 heavy (non-hydrogen) atoms. The van der Waals surface area contributed by atoms with Crippen molar-refractivity contribution in [3.8, 4) is 0 Å². The zero-order valence-electron chi connectivity index (χ0n) is 8.58. The number of aliphatic hydroxyl groups excluding tert-OH is 1. The molecule has 3 nitrogen and oxygen atoms in total. The maximum Gasteiger partial charge on any atom is 0.184 e. The first-order valence-corrected chi connectivity index (χ1v) is 5.18. The van der Waals surface area contributed by atoms with Crippen molar-refractivity contribution in [2.24, 2.45) is 0 Å². The minimum absolute atomic E-state index is 0.186. The van der Waals surface area contributed by atoms with Gasteiger partial charge in [0.1, 0.15) is 6.10 Å². The summed E-state index contributed by atoms with van der Waals surface area (Å²) in [6.07, 6.45) is 2.32. The van der Waals surface area contributed by atoms with Crippen molar-refractivity contribution in [1.82, 2.24) is 4.98 Å². The molecule has 0 aliphatic carbocycles. The first kappa shape index (κ1) is 9.51. The number of aromatic nitrogens is 1. The van der Waals surface area contributed by atoms with Crippen LogP contribution in [0.4, 0.5) is 0 Å². The Morgan fingerprint density at radius 2 is 1.88 bits per heavy atom. The second-order valence-electron chi connectivity index (χ2n) is 3.78. The molecule has 0 saturated carbocycles. The Kier molecular flexibility index (Phi) is 2.20. The smallest absolute Gasteiger partial charge is 0.184 e. The lowest BCUT2D eigenvalue weighted by molar-refractivity contribution is -0.109. The summed E-state index contributed by atoms with van der Waals surface area (Å²) in [4.78, 5) is 3.99. The van der Waals surface area contributed by atoms with Gasteiger partial charge in [0, 0.05) is 18.0 Å². The third-order valence-electron chi connectivity index (χ3n) is 2.80. The summed E-state index contributed by atoms with van der Waals surface area (Å²) in [5.74, 6) is 0. The second-order valence-corrected chi connectivity index (χ2v) is 3.78. The Balaban J connectivity index is 2.07. The van der Waals surface area contributed by atoms with Crippen molar-refractivity contribution in [1.29, 1.82) is 0 Å². The average Bonchev–Trinajstić information content (AvgIpc) is 2.69. The molecule has 1 aliphatic rings. The largest absolute Gasteiger partial charge is 0.364 e. The Labute approximate surface area is 93.3 Å². The van der Waals surface area contributed by atoms with Gasteiger partial charge in [0.15, 0.2) is 6.29 Å². The molecule has 3 heteroatoms. The Morgan fingerprint density at radius 1 is 1.06 bits per heavy atom. The molecule has 1 N–H and O–H groups in total. The van der Waals surface area contributed by atoms with E-state index in [0.29, 0.717) is 0 Å². The maximum absolute atomic E-state index is 9.75. The highest BCUT2D eigenvalue weighted by Crippen LogP contribution is 2.40. The van der Waals surface area contributed by atoms with Gasteiger partial charge in [-0.25, -0.2) is 0 Å². The SMILES string of the molecule is OC1OC(c2ccccc2)c2ccncc21. The molecule has 1 aliphatic heterocycles. The third-order valence-corrected chi connectivity index (χ3v) is 2.80. The van der Waals surface area contributed by atoms with E-state index in [0.717, 1.165) is 16.7 Å².